The lowest BCUT2D eigenvalue weighted by atomic mass is 9.81. The minimum Gasteiger partial charge on any atom is -0.356 e. The number of halogens is 1. The molecule has 0 radical (unpaired) electrons. The van der Waals surface area contributed by atoms with Gasteiger partial charge in [-0.25, -0.2) is 4.39 Å². The van der Waals surface area contributed by atoms with E-state index in [-0.39, 0.29) is 48.3 Å². The first-order valence-corrected chi connectivity index (χ1v) is 8.92. The fourth-order valence-electron chi connectivity index (χ4n) is 3.75. The number of carbonyl (C=O) groups is 3. The van der Waals surface area contributed by atoms with Gasteiger partial charge >= 0.3 is 0 Å². The molecule has 1 aliphatic heterocycles. The van der Waals surface area contributed by atoms with Crippen LogP contribution >= 0.6 is 0 Å². The molecule has 2 atom stereocenters. The minimum absolute atomic E-state index is 0.103. The standard InChI is InChI=1S/C19H23FN2O3/c20-14-7-5-13(6-8-14)9-11-21-17(23)10-12-22-18(24)15-3-1-2-4-16(15)19(22)25/h5-8,15-16H,1-4,9-12H2,(H,21,23)/t15-,16+. The van der Waals surface area contributed by atoms with Crippen molar-refractivity contribution in [3.05, 3.63) is 35.6 Å². The summed E-state index contributed by atoms with van der Waals surface area (Å²) >= 11 is 0. The molecule has 2 fully saturated rings. The monoisotopic (exact) mass is 346 g/mol. The smallest absolute Gasteiger partial charge is 0.233 e. The zero-order valence-corrected chi connectivity index (χ0v) is 14.2. The molecule has 1 saturated carbocycles. The van der Waals surface area contributed by atoms with Crippen LogP contribution < -0.4 is 5.32 Å². The third-order valence-electron chi connectivity index (χ3n) is 5.14. The van der Waals surface area contributed by atoms with E-state index in [2.05, 4.69) is 5.32 Å². The number of nitrogens with one attached hydrogen (secondary N) is 1. The Hall–Kier alpha value is -2.24. The zero-order chi connectivity index (χ0) is 17.8. The largest absolute Gasteiger partial charge is 0.356 e. The average molecular weight is 346 g/mol. The van der Waals surface area contributed by atoms with E-state index in [9.17, 15) is 18.8 Å². The number of hydrogen-bond donors (Lipinski definition) is 1. The second-order valence-electron chi connectivity index (χ2n) is 6.80. The van der Waals surface area contributed by atoms with Gasteiger partial charge in [0.25, 0.3) is 0 Å². The third kappa shape index (κ3) is 4.06. The summed E-state index contributed by atoms with van der Waals surface area (Å²) in [5, 5.41) is 2.78. The van der Waals surface area contributed by atoms with Crippen LogP contribution in [0.1, 0.15) is 37.7 Å². The molecule has 0 bridgehead atoms. The summed E-state index contributed by atoms with van der Waals surface area (Å²) in [5.74, 6) is -1.00. The highest BCUT2D eigenvalue weighted by molar-refractivity contribution is 6.05. The fourth-order valence-corrected chi connectivity index (χ4v) is 3.75. The number of hydrogen-bond acceptors (Lipinski definition) is 3. The molecule has 1 saturated heterocycles. The first-order chi connectivity index (χ1) is 12.1. The predicted molar refractivity (Wildman–Crippen MR) is 89.9 cm³/mol. The van der Waals surface area contributed by atoms with Gasteiger partial charge in [0.15, 0.2) is 0 Å². The van der Waals surface area contributed by atoms with Crippen molar-refractivity contribution in [1.29, 1.82) is 0 Å². The number of fused-ring (bicyclic) bond motifs is 1. The Kier molecular flexibility index (Phi) is 5.46. The highest BCUT2D eigenvalue weighted by Gasteiger charge is 2.47. The van der Waals surface area contributed by atoms with E-state index in [1.165, 1.54) is 17.0 Å². The first kappa shape index (κ1) is 17.6. The number of benzene rings is 1. The summed E-state index contributed by atoms with van der Waals surface area (Å²) in [6, 6.07) is 6.15. The summed E-state index contributed by atoms with van der Waals surface area (Å²) in [6.45, 7) is 0.602. The molecule has 1 aromatic rings. The summed E-state index contributed by atoms with van der Waals surface area (Å²) in [4.78, 5) is 37.9. The Morgan fingerprint density at radius 3 is 2.28 bits per heavy atom. The molecular formula is C19H23FN2O3. The number of rotatable bonds is 6. The van der Waals surface area contributed by atoms with E-state index in [0.717, 1.165) is 31.2 Å². The van der Waals surface area contributed by atoms with Crippen LogP contribution in [-0.4, -0.2) is 35.7 Å². The quantitative estimate of drug-likeness (QED) is 0.802. The van der Waals surface area contributed by atoms with E-state index in [1.807, 2.05) is 0 Å². The lowest BCUT2D eigenvalue weighted by Crippen LogP contribution is -2.35. The Balaban J connectivity index is 1.42. The van der Waals surface area contributed by atoms with Crippen LogP contribution in [0.25, 0.3) is 0 Å². The topological polar surface area (TPSA) is 66.5 Å². The van der Waals surface area contributed by atoms with Gasteiger partial charge < -0.3 is 5.32 Å². The normalized spacial score (nSPS) is 22.8. The van der Waals surface area contributed by atoms with Gasteiger partial charge in [0.05, 0.1) is 11.8 Å². The van der Waals surface area contributed by atoms with E-state index < -0.39 is 0 Å². The van der Waals surface area contributed by atoms with Crippen molar-refractivity contribution in [1.82, 2.24) is 10.2 Å². The van der Waals surface area contributed by atoms with Gasteiger partial charge in [-0.2, -0.15) is 0 Å². The molecule has 6 heteroatoms. The molecule has 1 aliphatic carbocycles. The minimum atomic E-state index is -0.284. The van der Waals surface area contributed by atoms with Crippen LogP contribution in [0.3, 0.4) is 0 Å². The molecule has 0 spiro atoms. The Bertz CT molecular complexity index is 635. The molecule has 1 aromatic carbocycles. The van der Waals surface area contributed by atoms with E-state index in [4.69, 9.17) is 0 Å². The fraction of sp³-hybridized carbons (Fsp3) is 0.526. The van der Waals surface area contributed by atoms with Crippen molar-refractivity contribution in [2.24, 2.45) is 11.8 Å². The van der Waals surface area contributed by atoms with Gasteiger partial charge in [-0.15, -0.1) is 0 Å². The number of nitrogens with zero attached hydrogens (tertiary/aromatic N) is 1. The van der Waals surface area contributed by atoms with Crippen molar-refractivity contribution >= 4 is 17.7 Å². The highest BCUT2D eigenvalue weighted by atomic mass is 19.1. The Labute approximate surface area is 146 Å². The van der Waals surface area contributed by atoms with Gasteiger partial charge in [-0.1, -0.05) is 25.0 Å². The highest BCUT2D eigenvalue weighted by Crippen LogP contribution is 2.37. The van der Waals surface area contributed by atoms with Crippen LogP contribution in [0.15, 0.2) is 24.3 Å². The first-order valence-electron chi connectivity index (χ1n) is 8.92. The van der Waals surface area contributed by atoms with Gasteiger partial charge in [0.1, 0.15) is 5.82 Å². The Morgan fingerprint density at radius 1 is 1.08 bits per heavy atom. The number of amides is 3. The van der Waals surface area contributed by atoms with Crippen LogP contribution in [0.4, 0.5) is 4.39 Å². The molecule has 25 heavy (non-hydrogen) atoms. The summed E-state index contributed by atoms with van der Waals surface area (Å²) in [6.07, 6.45) is 4.30. The molecule has 5 nitrogen and oxygen atoms in total. The summed E-state index contributed by atoms with van der Waals surface area (Å²) in [5.41, 5.74) is 0.940. The third-order valence-corrected chi connectivity index (χ3v) is 5.14. The molecule has 0 aromatic heterocycles. The number of imide groups is 1. The van der Waals surface area contributed by atoms with Gasteiger partial charge in [0.2, 0.25) is 17.7 Å². The van der Waals surface area contributed by atoms with Gasteiger partial charge in [-0.05, 0) is 37.0 Å². The SMILES string of the molecule is O=C(CCN1C(=O)[C@H]2CCCC[C@H]2C1=O)NCCc1ccc(F)cc1. The van der Waals surface area contributed by atoms with Crippen LogP contribution in [0.5, 0.6) is 0 Å². The van der Waals surface area contributed by atoms with E-state index >= 15 is 0 Å². The molecule has 134 valence electrons. The molecule has 2 aliphatic rings. The van der Waals surface area contributed by atoms with Crippen molar-refractivity contribution in [2.75, 3.05) is 13.1 Å². The lowest BCUT2D eigenvalue weighted by molar-refractivity contribution is -0.140. The second-order valence-corrected chi connectivity index (χ2v) is 6.80. The average Bonchev–Trinajstić information content (AvgIpc) is 2.86. The van der Waals surface area contributed by atoms with E-state index in [0.29, 0.717) is 13.0 Å². The maximum absolute atomic E-state index is 12.8. The molecule has 1 N–H and O–H groups in total. The molecule has 0 unspecified atom stereocenters. The Morgan fingerprint density at radius 2 is 1.68 bits per heavy atom. The lowest BCUT2D eigenvalue weighted by Gasteiger charge is -2.19. The number of carbonyl (C=O) groups excluding carboxylic acids is 3. The maximum atomic E-state index is 12.8. The maximum Gasteiger partial charge on any atom is 0.233 e. The van der Waals surface area contributed by atoms with Crippen molar-refractivity contribution < 1.29 is 18.8 Å². The van der Waals surface area contributed by atoms with Crippen molar-refractivity contribution in [3.63, 3.8) is 0 Å². The molecule has 3 amide bonds. The van der Waals surface area contributed by atoms with Crippen molar-refractivity contribution in [3.8, 4) is 0 Å². The van der Waals surface area contributed by atoms with Crippen LogP contribution in [0.2, 0.25) is 0 Å². The van der Waals surface area contributed by atoms with E-state index in [1.54, 1.807) is 12.1 Å². The second kappa shape index (κ2) is 7.76. The number of likely N-dealkylation sites (tertiary alicyclic amines) is 1. The zero-order valence-electron chi connectivity index (χ0n) is 14.2. The molecule has 1 heterocycles. The molecule has 3 rings (SSSR count). The van der Waals surface area contributed by atoms with Gasteiger partial charge in [-0.3, -0.25) is 19.3 Å². The van der Waals surface area contributed by atoms with Gasteiger partial charge in [0, 0.05) is 19.5 Å². The summed E-state index contributed by atoms with van der Waals surface area (Å²) in [7, 11) is 0. The predicted octanol–water partition coefficient (Wildman–Crippen LogP) is 2.05. The van der Waals surface area contributed by atoms with Crippen molar-refractivity contribution in [2.45, 2.75) is 38.5 Å². The molecular weight excluding hydrogens is 323 g/mol. The summed E-state index contributed by atoms with van der Waals surface area (Å²) < 4.78 is 12.8. The van der Waals surface area contributed by atoms with Crippen LogP contribution in [-0.2, 0) is 20.8 Å². The van der Waals surface area contributed by atoms with Crippen LogP contribution in [0, 0.1) is 17.7 Å².